The zero-order chi connectivity index (χ0) is 29.0. The Bertz CT molecular complexity index is 1730. The molecular formula is C31H28N2O7S. The first-order chi connectivity index (χ1) is 19.7. The van der Waals surface area contributed by atoms with Crippen molar-refractivity contribution < 1.29 is 33.6 Å². The maximum Gasteiger partial charge on any atom is 0.301 e. The van der Waals surface area contributed by atoms with Crippen molar-refractivity contribution in [3.8, 4) is 23.0 Å². The van der Waals surface area contributed by atoms with E-state index in [1.54, 1.807) is 30.3 Å². The summed E-state index contributed by atoms with van der Waals surface area (Å²) >= 11 is 1.30. The maximum absolute atomic E-state index is 13.7. The highest BCUT2D eigenvalue weighted by atomic mass is 32.1. The summed E-state index contributed by atoms with van der Waals surface area (Å²) in [5, 5.41) is 12.0. The predicted octanol–water partition coefficient (Wildman–Crippen LogP) is 5.58. The summed E-state index contributed by atoms with van der Waals surface area (Å²) in [6, 6.07) is 13.4. The van der Waals surface area contributed by atoms with Crippen molar-refractivity contribution in [2.45, 2.75) is 32.4 Å². The van der Waals surface area contributed by atoms with E-state index in [2.05, 4.69) is 0 Å². The van der Waals surface area contributed by atoms with E-state index in [9.17, 15) is 14.7 Å². The molecule has 0 spiro atoms. The molecule has 1 N–H and O–H groups in total. The molecule has 6 rings (SSSR count). The fraction of sp³-hybridized carbons (Fsp3) is 0.258. The molecule has 1 fully saturated rings. The normalized spacial score (nSPS) is 19.4. The number of ketones is 1. The first-order valence-electron chi connectivity index (χ1n) is 13.0. The molecule has 210 valence electrons. The number of fused-ring (bicyclic) bond motifs is 2. The predicted molar refractivity (Wildman–Crippen MR) is 155 cm³/mol. The summed E-state index contributed by atoms with van der Waals surface area (Å²) in [5.41, 5.74) is 3.50. The van der Waals surface area contributed by atoms with Gasteiger partial charge in [-0.3, -0.25) is 14.5 Å². The molecule has 1 amide bonds. The molecule has 0 aliphatic carbocycles. The Labute approximate surface area is 240 Å². The Balaban J connectivity index is 1.59. The average Bonchev–Trinajstić information content (AvgIpc) is 3.63. The summed E-state index contributed by atoms with van der Waals surface area (Å²) in [6.45, 7) is 3.94. The number of anilines is 1. The molecule has 9 nitrogen and oxygen atoms in total. The Morgan fingerprint density at radius 2 is 1.76 bits per heavy atom. The van der Waals surface area contributed by atoms with Crippen LogP contribution in [-0.2, 0) is 16.0 Å². The quantitative estimate of drug-likeness (QED) is 0.181. The van der Waals surface area contributed by atoms with Crippen LogP contribution in [0.25, 0.3) is 16.0 Å². The van der Waals surface area contributed by atoms with Gasteiger partial charge in [0.2, 0.25) is 5.75 Å². The number of rotatable bonds is 6. The monoisotopic (exact) mass is 572 g/mol. The molecule has 2 aliphatic heterocycles. The highest BCUT2D eigenvalue weighted by Gasteiger charge is 2.48. The largest absolute Gasteiger partial charge is 0.507 e. The minimum atomic E-state index is -1.02. The number of thiazole rings is 1. The molecule has 10 heteroatoms. The third-order valence-electron chi connectivity index (χ3n) is 7.36. The number of aromatic nitrogens is 1. The Morgan fingerprint density at radius 1 is 1.02 bits per heavy atom. The molecule has 3 aromatic carbocycles. The van der Waals surface area contributed by atoms with E-state index >= 15 is 0 Å². The minimum Gasteiger partial charge on any atom is -0.507 e. The van der Waals surface area contributed by atoms with Gasteiger partial charge in [0.25, 0.3) is 5.78 Å². The van der Waals surface area contributed by atoms with Crippen LogP contribution >= 0.6 is 11.3 Å². The molecule has 41 heavy (non-hydrogen) atoms. The van der Waals surface area contributed by atoms with Crippen LogP contribution in [0.5, 0.6) is 23.0 Å². The van der Waals surface area contributed by atoms with Crippen molar-refractivity contribution in [3.05, 3.63) is 76.4 Å². The number of benzene rings is 3. The molecule has 3 heterocycles. The molecule has 1 saturated heterocycles. The van der Waals surface area contributed by atoms with E-state index in [1.165, 1.54) is 37.6 Å². The van der Waals surface area contributed by atoms with Gasteiger partial charge in [0.05, 0.1) is 43.2 Å². The fourth-order valence-electron chi connectivity index (χ4n) is 5.45. The highest BCUT2D eigenvalue weighted by Crippen LogP contribution is 2.48. The van der Waals surface area contributed by atoms with E-state index in [0.717, 1.165) is 21.6 Å². The standard InChI is InChI=1S/C31H28N2O7S/c1-15-6-8-20-24(10-15)41-31(32-20)33-26(19-13-22(37-3)29(39-5)23(14-19)38-4)25(28(35)30(33)36)27(34)17-7-9-21-18(12-17)11-16(2)40-21/h6-10,12-14,16,26,34H,11H2,1-5H3/t16-,26+/m0/s1. The minimum absolute atomic E-state index is 0.00915. The fourth-order valence-corrected chi connectivity index (χ4v) is 6.54. The van der Waals surface area contributed by atoms with Gasteiger partial charge in [0, 0.05) is 12.0 Å². The Kier molecular flexibility index (Phi) is 6.57. The number of carbonyl (C=O) groups excluding carboxylic acids is 2. The number of aliphatic hydroxyl groups is 1. The smallest absolute Gasteiger partial charge is 0.301 e. The van der Waals surface area contributed by atoms with Crippen LogP contribution in [-0.4, -0.2) is 49.2 Å². The van der Waals surface area contributed by atoms with Crippen molar-refractivity contribution in [1.82, 2.24) is 4.98 Å². The van der Waals surface area contributed by atoms with Gasteiger partial charge in [-0.25, -0.2) is 4.98 Å². The number of hydrogen-bond donors (Lipinski definition) is 1. The van der Waals surface area contributed by atoms with Gasteiger partial charge >= 0.3 is 5.91 Å². The number of aliphatic hydroxyl groups excluding tert-OH is 1. The van der Waals surface area contributed by atoms with E-state index in [-0.39, 0.29) is 17.4 Å². The topological polar surface area (TPSA) is 107 Å². The van der Waals surface area contributed by atoms with Crippen LogP contribution < -0.4 is 23.8 Å². The molecule has 0 radical (unpaired) electrons. The zero-order valence-corrected chi connectivity index (χ0v) is 24.0. The third-order valence-corrected chi connectivity index (χ3v) is 8.37. The Hall–Kier alpha value is -4.57. The van der Waals surface area contributed by atoms with E-state index in [1.807, 2.05) is 32.0 Å². The summed E-state index contributed by atoms with van der Waals surface area (Å²) in [5.74, 6) is -0.115. The second-order valence-corrected chi connectivity index (χ2v) is 11.1. The van der Waals surface area contributed by atoms with Crippen LogP contribution in [0, 0.1) is 6.92 Å². The van der Waals surface area contributed by atoms with Gasteiger partial charge in [-0.2, -0.15) is 0 Å². The lowest BCUT2D eigenvalue weighted by atomic mass is 9.94. The molecule has 2 aliphatic rings. The van der Waals surface area contributed by atoms with Crippen molar-refractivity contribution in [1.29, 1.82) is 0 Å². The van der Waals surface area contributed by atoms with E-state index in [0.29, 0.717) is 45.4 Å². The molecule has 2 atom stereocenters. The van der Waals surface area contributed by atoms with Crippen molar-refractivity contribution >= 4 is 44.1 Å². The summed E-state index contributed by atoms with van der Waals surface area (Å²) in [6.07, 6.45) is 0.682. The second kappa shape index (κ2) is 10.1. The SMILES string of the molecule is COc1cc([C@@H]2C(=C(O)c3ccc4c(c3)C[C@H](C)O4)C(=O)C(=O)N2c2nc3ccc(C)cc3s2)cc(OC)c1OC. The average molecular weight is 573 g/mol. The summed E-state index contributed by atoms with van der Waals surface area (Å²) < 4.78 is 23.3. The van der Waals surface area contributed by atoms with Crippen LogP contribution in [0.2, 0.25) is 0 Å². The number of amides is 1. The highest BCUT2D eigenvalue weighted by molar-refractivity contribution is 7.22. The lowest BCUT2D eigenvalue weighted by Gasteiger charge is -2.24. The second-order valence-electron chi connectivity index (χ2n) is 10.1. The maximum atomic E-state index is 13.7. The number of aryl methyl sites for hydroxylation is 1. The van der Waals surface area contributed by atoms with Gasteiger partial charge < -0.3 is 24.1 Å². The van der Waals surface area contributed by atoms with Gasteiger partial charge in [0.15, 0.2) is 16.6 Å². The van der Waals surface area contributed by atoms with E-state index < -0.39 is 17.7 Å². The van der Waals surface area contributed by atoms with Crippen LogP contribution in [0.3, 0.4) is 0 Å². The number of methoxy groups -OCH3 is 3. The van der Waals surface area contributed by atoms with Gasteiger partial charge in [-0.15, -0.1) is 0 Å². The molecule has 1 aromatic heterocycles. The number of ether oxygens (including phenoxy) is 4. The van der Waals surface area contributed by atoms with Crippen molar-refractivity contribution in [2.75, 3.05) is 26.2 Å². The number of nitrogens with zero attached hydrogens (tertiary/aromatic N) is 2. The van der Waals surface area contributed by atoms with Gasteiger partial charge in [0.1, 0.15) is 17.6 Å². The van der Waals surface area contributed by atoms with Crippen molar-refractivity contribution in [3.63, 3.8) is 0 Å². The van der Waals surface area contributed by atoms with Crippen LogP contribution in [0.1, 0.15) is 35.2 Å². The number of hydrogen-bond acceptors (Lipinski definition) is 9. The molecule has 0 saturated carbocycles. The molecule has 0 bridgehead atoms. The van der Waals surface area contributed by atoms with Crippen molar-refractivity contribution in [2.24, 2.45) is 0 Å². The number of Topliss-reactive ketones (excluding diaryl/α,β-unsaturated/α-hetero) is 1. The third kappa shape index (κ3) is 4.35. The molecule has 4 aromatic rings. The molecular weight excluding hydrogens is 544 g/mol. The Morgan fingerprint density at radius 3 is 2.44 bits per heavy atom. The van der Waals surface area contributed by atoms with Crippen LogP contribution in [0.4, 0.5) is 5.13 Å². The summed E-state index contributed by atoms with van der Waals surface area (Å²) in [4.78, 5) is 33.5. The molecule has 0 unspecified atom stereocenters. The first-order valence-corrected chi connectivity index (χ1v) is 13.8. The lowest BCUT2D eigenvalue weighted by molar-refractivity contribution is -0.132. The summed E-state index contributed by atoms with van der Waals surface area (Å²) in [7, 11) is 4.47. The first kappa shape index (κ1) is 26.6. The van der Waals surface area contributed by atoms with E-state index in [4.69, 9.17) is 23.9 Å². The zero-order valence-electron chi connectivity index (χ0n) is 23.2. The number of carbonyl (C=O) groups is 2. The van der Waals surface area contributed by atoms with Crippen LogP contribution in [0.15, 0.2) is 54.1 Å². The van der Waals surface area contributed by atoms with Gasteiger partial charge in [-0.05, 0) is 73.0 Å². The van der Waals surface area contributed by atoms with Gasteiger partial charge in [-0.1, -0.05) is 17.4 Å². The lowest BCUT2D eigenvalue weighted by Crippen LogP contribution is -2.29.